The fraction of sp³-hybridized carbons (Fsp3) is 0.429. The molecule has 0 saturated heterocycles. The number of methoxy groups -OCH3 is 12. The highest BCUT2D eigenvalue weighted by Gasteiger charge is 2.18. The quantitative estimate of drug-likeness (QED) is 0.0206. The molecule has 0 saturated carbocycles. The van der Waals surface area contributed by atoms with E-state index in [-0.39, 0.29) is 70.9 Å². The number of aliphatic hydroxyl groups is 6. The van der Waals surface area contributed by atoms with Gasteiger partial charge in [-0.3, -0.25) is 0 Å². The SMILES string of the molecule is [2H]C([2H])(CCC([2H])([2H])C([2H])(O)COc1cccc(C)c1)c1ccc(OC)c(OC)c1.[2H]C([2H])(Cc1ccc(OC)c(OC)c1)CC([2H])([2H])C([2H])(O)COc1cccc(C)c1.[2H]C([2H])([2H])Oc1cc(C([2H])([2H])CCC([2H])([2H])C([2H])(O)COc2cccc(C)c2)ccc1OC.[2H]C([2H])([2H])Oc1ccc(C([2H])([2H])CCC([2H])([2H])C([2H])(O)COc2cccc(C)c2)cc1OC.[2H]C([2H])([2H])Oc1ccc(C([2H])([2H])CCC([2H])([2H])C([2H])(O)COc2cccc(C)c2)cc1OC([2H])([2H])[2H].[2H]C([2H])([2H])Oc1ccc(C([2H])([2H])CCC([2H])([2H])C([2H])(O)COc2cccc(C)c2)cc1OC([2H])([2H])[2H]. The molecule has 150 heavy (non-hydrogen) atoms. The van der Waals surface area contributed by atoms with E-state index in [1.165, 1.54) is 85.1 Å². The summed E-state index contributed by atoms with van der Waals surface area (Å²) in [6.07, 6.45) is -49.1. The molecule has 0 spiro atoms. The number of rotatable bonds is 60. The largest absolute Gasteiger partial charge is 0.493 e. The molecule has 0 fully saturated rings. The van der Waals surface area contributed by atoms with E-state index in [1.54, 1.807) is 140 Å². The summed E-state index contributed by atoms with van der Waals surface area (Å²) in [5.41, 5.74) is 6.16. The fourth-order valence-corrected chi connectivity index (χ4v) is 13.1. The molecule has 0 radical (unpaired) electrons. The van der Waals surface area contributed by atoms with Gasteiger partial charge in [-0.15, -0.1) is 0 Å². The van der Waals surface area contributed by atoms with Crippen molar-refractivity contribution >= 4 is 0 Å². The van der Waals surface area contributed by atoms with E-state index in [1.807, 2.05) is 77.9 Å². The number of hydrogen-bond donors (Lipinski definition) is 6. The predicted octanol–water partition coefficient (Wildman–Crippen LogP) is 25.0. The second-order valence-electron chi connectivity index (χ2n) is 32.3. The van der Waals surface area contributed by atoms with Crippen molar-refractivity contribution in [1.82, 2.24) is 0 Å². The molecule has 6 atom stereocenters. The molecule has 12 aromatic rings. The maximum Gasteiger partial charge on any atom is 0.160 e. The van der Waals surface area contributed by atoms with Crippen molar-refractivity contribution in [2.45, 2.75) is 232 Å². The average Bonchev–Trinajstić information content (AvgIpc) is 0.800. The van der Waals surface area contributed by atoms with Gasteiger partial charge in [0.1, 0.15) is 74.1 Å². The topological polar surface area (TPSA) is 288 Å². The summed E-state index contributed by atoms with van der Waals surface area (Å²) in [5.74, 6) is 1.99. The van der Waals surface area contributed by atoms with E-state index in [0.717, 1.165) is 69.8 Å². The summed E-state index contributed by atoms with van der Waals surface area (Å²) < 4.78 is 469. The molecular weight excluding hydrogens is 1900 g/mol. The third-order valence-corrected chi connectivity index (χ3v) is 20.6. The van der Waals surface area contributed by atoms with E-state index in [0.29, 0.717) is 68.6 Å². The van der Waals surface area contributed by atoms with Gasteiger partial charge in [-0.1, -0.05) is 148 Å². The lowest BCUT2D eigenvalue weighted by Crippen LogP contribution is -2.17. The molecule has 6 N–H and O–H groups in total. The molecule has 0 aliphatic rings. The number of hydrogen-bond acceptors (Lipinski definition) is 24. The van der Waals surface area contributed by atoms with Crippen LogP contribution < -0.4 is 85.3 Å². The van der Waals surface area contributed by atoms with Crippen LogP contribution in [0.2, 0.25) is 0 Å². The highest BCUT2D eigenvalue weighted by Crippen LogP contribution is 2.36. The van der Waals surface area contributed by atoms with Crippen LogP contribution in [-0.2, 0) is 38.3 Å². The van der Waals surface area contributed by atoms with E-state index in [4.69, 9.17) is 151 Å². The minimum absolute atomic E-state index is 0.0130. The average molecular weight is 2110 g/mol. The van der Waals surface area contributed by atoms with Crippen LogP contribution in [0.1, 0.15) is 248 Å². The van der Waals surface area contributed by atoms with Crippen molar-refractivity contribution in [2.75, 3.05) is 125 Å². The molecule has 0 amide bonds. The first-order chi connectivity index (χ1) is 90.3. The smallest absolute Gasteiger partial charge is 0.160 e. The number of benzene rings is 12. The Balaban J connectivity index is 0.000000316. The van der Waals surface area contributed by atoms with Crippen molar-refractivity contribution in [1.29, 1.82) is 0 Å². The first kappa shape index (κ1) is 69.3. The van der Waals surface area contributed by atoms with E-state index in [2.05, 4.69) is 0 Å². The van der Waals surface area contributed by atoms with Crippen LogP contribution in [-0.4, -0.2) is 192 Å². The Morgan fingerprint density at radius 2 is 0.380 bits per heavy atom. The van der Waals surface area contributed by atoms with Gasteiger partial charge < -0.3 is 116 Å². The van der Waals surface area contributed by atoms with Crippen LogP contribution in [0, 0.1) is 41.5 Å². The molecule has 24 heteroatoms. The van der Waals surface area contributed by atoms with Crippen LogP contribution >= 0.6 is 0 Å². The lowest BCUT2D eigenvalue weighted by molar-refractivity contribution is 0.0976. The van der Waals surface area contributed by atoms with Crippen LogP contribution in [0.4, 0.5) is 0 Å². The molecule has 0 aliphatic carbocycles. The van der Waals surface area contributed by atoms with Crippen LogP contribution in [0.5, 0.6) is 103 Å². The van der Waals surface area contributed by atoms with Gasteiger partial charge in [0.15, 0.2) is 69.0 Å². The van der Waals surface area contributed by atoms with Crippen molar-refractivity contribution in [3.8, 4) is 103 Å². The molecule has 12 rings (SSSR count). The number of ether oxygens (including phenoxy) is 18. The van der Waals surface area contributed by atoms with Crippen molar-refractivity contribution in [3.05, 3.63) is 322 Å². The standard InChI is InChI=1S/6C21H28O4/c6*1-16-7-6-10-19(13-16)25-15-18(22)9-5-4-8-17-11-12-20(23-2)21(14-17)24-3/h6*6-7,10-14,18,22H,4-5,8-9,15H2,1-3H3/i2*2D3,3D3,8D2,9D2,18D;3D3,8D2,9D2,18D;2D3,8D2,9D2,18D;8D2,9D2,18D;4D2,9D2,18D. The maximum atomic E-state index is 10.4. The second kappa shape index (κ2) is 72.3. The van der Waals surface area contributed by atoms with Gasteiger partial charge >= 0.3 is 0 Å². The summed E-state index contributed by atoms with van der Waals surface area (Å²) in [6, 6.07) is 65.1. The Kier molecular flexibility index (Phi) is 33.4. The van der Waals surface area contributed by atoms with Gasteiger partial charge in [-0.25, -0.2) is 0 Å². The third kappa shape index (κ3) is 49.5. The lowest BCUT2D eigenvalue weighted by atomic mass is 10.0. The summed E-state index contributed by atoms with van der Waals surface area (Å²) in [6.45, 7) is 7.15. The molecule has 12 aromatic carbocycles. The van der Waals surface area contributed by atoms with E-state index in [9.17, 15) is 30.6 Å². The Hall–Kier alpha value is -13.2. The van der Waals surface area contributed by atoms with Gasteiger partial charge in [0, 0.05) is 32.9 Å². The Morgan fingerprint density at radius 1 is 0.207 bits per heavy atom. The highest BCUT2D eigenvalue weighted by atomic mass is 16.5. The summed E-state index contributed by atoms with van der Waals surface area (Å²) >= 11 is 0. The normalized spacial score (nSPS) is 19.5. The molecular formula is C126H168O24. The Labute approximate surface area is 960 Å². The third-order valence-electron chi connectivity index (χ3n) is 20.6. The van der Waals surface area contributed by atoms with Gasteiger partial charge in [0.05, 0.1) is 154 Å². The van der Waals surface area contributed by atoms with Crippen molar-refractivity contribution < 1.29 is 182 Å². The summed E-state index contributed by atoms with van der Waals surface area (Å²) in [5, 5.41) is 62.6. The van der Waals surface area contributed by atoms with E-state index >= 15 is 0 Å². The fourth-order valence-electron chi connectivity index (χ4n) is 13.1. The summed E-state index contributed by atoms with van der Waals surface area (Å²) in [4.78, 5) is 0. The van der Waals surface area contributed by atoms with Gasteiger partial charge in [-0.05, 0) is 369 Å². The molecule has 0 bridgehead atoms. The van der Waals surface area contributed by atoms with Crippen LogP contribution in [0.25, 0.3) is 0 Å². The predicted molar refractivity (Wildman–Crippen MR) is 599 cm³/mol. The molecule has 6 unspecified atom stereocenters. The van der Waals surface area contributed by atoms with Gasteiger partial charge in [0.25, 0.3) is 0 Å². The minimum Gasteiger partial charge on any atom is -0.493 e. The zero-order valence-corrected chi connectivity index (χ0v) is 86.0. The molecule has 816 valence electrons. The zero-order valence-electron chi connectivity index (χ0n) is 134. The lowest BCUT2D eigenvalue weighted by Gasteiger charge is -2.13. The highest BCUT2D eigenvalue weighted by molar-refractivity contribution is 5.48. The van der Waals surface area contributed by atoms with Crippen LogP contribution in [0.3, 0.4) is 0 Å². The monoisotopic (exact) mass is 2110 g/mol. The van der Waals surface area contributed by atoms with Crippen LogP contribution in [0.15, 0.2) is 255 Å². The Bertz CT molecular complexity index is 7870. The molecule has 24 nitrogen and oxygen atoms in total. The van der Waals surface area contributed by atoms with E-state index < -0.39 is 269 Å². The van der Waals surface area contributed by atoms with Gasteiger partial charge in [-0.2, -0.15) is 0 Å². The van der Waals surface area contributed by atoms with Crippen molar-refractivity contribution in [3.63, 3.8) is 0 Å². The van der Waals surface area contributed by atoms with Crippen molar-refractivity contribution in [2.24, 2.45) is 0 Å². The molecule has 0 aliphatic heterocycles. The minimum atomic E-state index is -2.98. The number of aryl methyl sites for hydroxylation is 12. The first-order valence-electron chi connectivity index (χ1n) is 71.1. The first-order valence-corrected chi connectivity index (χ1v) is 47.1. The summed E-state index contributed by atoms with van der Waals surface area (Å²) in [7, 11) is -8.75. The Morgan fingerprint density at radius 3 is 0.573 bits per heavy atom. The zero-order chi connectivity index (χ0) is 150. The molecule has 0 aromatic heterocycles. The maximum absolute atomic E-state index is 10.4. The second-order valence-corrected chi connectivity index (χ2v) is 32.3. The van der Waals surface area contributed by atoms with Gasteiger partial charge in [0.2, 0.25) is 0 Å². The molecule has 0 heterocycles.